The lowest BCUT2D eigenvalue weighted by atomic mass is 9.94. The Hall–Kier alpha value is -2.11. The van der Waals surface area contributed by atoms with E-state index in [4.69, 9.17) is 11.1 Å². The Kier molecular flexibility index (Phi) is 2.71. The largest absolute Gasteiger partial charge is 0.382 e. The molecule has 1 aliphatic rings. The minimum atomic E-state index is -0.00560. The zero-order chi connectivity index (χ0) is 12.6. The Morgan fingerprint density at radius 2 is 2.29 bits per heavy atom. The van der Waals surface area contributed by atoms with Crippen LogP contribution in [0.5, 0.6) is 0 Å². The molecule has 1 atom stereocenters. The lowest BCUT2D eigenvalue weighted by Gasteiger charge is -2.35. The molecule has 17 heavy (non-hydrogen) atoms. The Morgan fingerprint density at radius 3 is 2.94 bits per heavy atom. The van der Waals surface area contributed by atoms with Crippen LogP contribution in [0.2, 0.25) is 0 Å². The normalized spacial score (nSPS) is 21.6. The molecule has 0 bridgehead atoms. The van der Waals surface area contributed by atoms with Gasteiger partial charge >= 0.3 is 0 Å². The zero-order valence-corrected chi connectivity index (χ0v) is 10.2. The summed E-state index contributed by atoms with van der Waals surface area (Å²) in [6, 6.07) is 1.79. The van der Waals surface area contributed by atoms with Gasteiger partial charge in [0.1, 0.15) is 11.5 Å². The van der Waals surface area contributed by atoms with E-state index in [1.54, 1.807) is 19.3 Å². The molecule has 0 saturated carbocycles. The highest BCUT2D eigenvalue weighted by atomic mass is 15.3. The molecule has 1 aliphatic heterocycles. The summed E-state index contributed by atoms with van der Waals surface area (Å²) in [5.41, 5.74) is 11.3. The molecule has 4 N–H and O–H groups in total. The highest BCUT2D eigenvalue weighted by Crippen LogP contribution is 2.31. The summed E-state index contributed by atoms with van der Waals surface area (Å²) < 4.78 is 0. The summed E-state index contributed by atoms with van der Waals surface area (Å²) in [6.45, 7) is 1.99. The predicted octanol–water partition coefficient (Wildman–Crippen LogP) is 0.445. The van der Waals surface area contributed by atoms with Crippen LogP contribution in [0.1, 0.15) is 12.5 Å². The van der Waals surface area contributed by atoms with Crippen molar-refractivity contribution in [2.24, 2.45) is 5.10 Å². The number of hydrazone groups is 1. The molecule has 0 fully saturated rings. The lowest BCUT2D eigenvalue weighted by Crippen LogP contribution is -2.46. The molecule has 0 spiro atoms. The maximum atomic E-state index is 8.17. The molecule has 0 amide bonds. The number of anilines is 2. The molecule has 1 aromatic rings. The molecular formula is C11H16N6. The third-order valence-electron chi connectivity index (χ3n) is 3.04. The molecule has 6 nitrogen and oxygen atoms in total. The van der Waals surface area contributed by atoms with Gasteiger partial charge in [0.2, 0.25) is 0 Å². The molecule has 6 heteroatoms. The maximum Gasteiger partial charge on any atom is 0.147 e. The van der Waals surface area contributed by atoms with Crippen molar-refractivity contribution in [2.45, 2.75) is 13.0 Å². The van der Waals surface area contributed by atoms with Gasteiger partial charge < -0.3 is 16.1 Å². The van der Waals surface area contributed by atoms with Crippen molar-refractivity contribution >= 4 is 22.9 Å². The van der Waals surface area contributed by atoms with Crippen molar-refractivity contribution in [1.29, 1.82) is 5.41 Å². The van der Waals surface area contributed by atoms with E-state index in [1.165, 1.54) is 0 Å². The molecule has 0 radical (unpaired) electrons. The molecule has 0 saturated heterocycles. The van der Waals surface area contributed by atoms with Crippen LogP contribution in [0, 0.1) is 5.41 Å². The summed E-state index contributed by atoms with van der Waals surface area (Å²) in [5.74, 6) is 0.449. The van der Waals surface area contributed by atoms with Crippen molar-refractivity contribution in [3.05, 3.63) is 17.8 Å². The summed E-state index contributed by atoms with van der Waals surface area (Å²) >= 11 is 0. The smallest absolute Gasteiger partial charge is 0.147 e. The van der Waals surface area contributed by atoms with E-state index in [2.05, 4.69) is 15.5 Å². The minimum Gasteiger partial charge on any atom is -0.382 e. The van der Waals surface area contributed by atoms with Gasteiger partial charge in [0.15, 0.2) is 0 Å². The summed E-state index contributed by atoms with van der Waals surface area (Å²) in [6.07, 6.45) is 1.61. The Bertz CT molecular complexity index is 493. The topological polar surface area (TPSA) is 90.4 Å². The van der Waals surface area contributed by atoms with E-state index in [9.17, 15) is 0 Å². The number of rotatable bonds is 1. The van der Waals surface area contributed by atoms with Gasteiger partial charge in [-0.15, -0.1) is 0 Å². The number of nitrogens with zero attached hydrogens (tertiary/aromatic N) is 3. The monoisotopic (exact) mass is 232 g/mol. The average molecular weight is 232 g/mol. The second kappa shape index (κ2) is 4.04. The molecule has 0 aliphatic carbocycles. The number of aromatic nitrogens is 1. The van der Waals surface area contributed by atoms with Crippen LogP contribution >= 0.6 is 0 Å². The van der Waals surface area contributed by atoms with Gasteiger partial charge in [-0.05, 0) is 13.0 Å². The molecule has 2 rings (SSSR count). The molecule has 90 valence electrons. The first-order valence-corrected chi connectivity index (χ1v) is 5.38. The number of hydrogen-bond acceptors (Lipinski definition) is 6. The standard InChI is InChI=1S/C11H16N6/c1-6-9(16-14-2)8(12)7-4-5-15-11(13)10(7)17(6)3/h4-6,12,14H,1-3H3,(H2,13,15)/b12-8?,16-9-/t6-/m0/s1. The molecule has 0 aromatic carbocycles. The van der Waals surface area contributed by atoms with Crippen molar-refractivity contribution < 1.29 is 0 Å². The van der Waals surface area contributed by atoms with E-state index < -0.39 is 0 Å². The van der Waals surface area contributed by atoms with Gasteiger partial charge in [-0.3, -0.25) is 5.41 Å². The van der Waals surface area contributed by atoms with Crippen LogP contribution in [-0.2, 0) is 0 Å². The summed E-state index contributed by atoms with van der Waals surface area (Å²) in [4.78, 5) is 6.06. The second-order valence-electron chi connectivity index (χ2n) is 3.97. The predicted molar refractivity (Wildman–Crippen MR) is 69.8 cm³/mol. The Balaban J connectivity index is 2.63. The van der Waals surface area contributed by atoms with Crippen LogP contribution in [0.15, 0.2) is 17.4 Å². The number of hydrogen-bond donors (Lipinski definition) is 3. The van der Waals surface area contributed by atoms with E-state index in [0.717, 1.165) is 11.3 Å². The van der Waals surface area contributed by atoms with Gasteiger partial charge in [-0.1, -0.05) is 0 Å². The fraction of sp³-hybridized carbons (Fsp3) is 0.364. The van der Waals surface area contributed by atoms with Crippen molar-refractivity contribution in [3.8, 4) is 0 Å². The highest BCUT2D eigenvalue weighted by molar-refractivity contribution is 6.51. The first-order valence-electron chi connectivity index (χ1n) is 5.38. The third-order valence-corrected chi connectivity index (χ3v) is 3.04. The maximum absolute atomic E-state index is 8.17. The van der Waals surface area contributed by atoms with Gasteiger partial charge in [0.05, 0.1) is 17.4 Å². The van der Waals surface area contributed by atoms with Crippen LogP contribution in [0.25, 0.3) is 0 Å². The first kappa shape index (κ1) is 11.4. The fourth-order valence-corrected chi connectivity index (χ4v) is 2.04. The van der Waals surface area contributed by atoms with Gasteiger partial charge in [-0.25, -0.2) is 4.98 Å². The summed E-state index contributed by atoms with van der Waals surface area (Å²) in [5, 5.41) is 12.3. The van der Waals surface area contributed by atoms with Crippen LogP contribution in [0.4, 0.5) is 11.5 Å². The number of nitrogens with one attached hydrogen (secondary N) is 2. The first-order chi connectivity index (χ1) is 8.07. The average Bonchev–Trinajstić information content (AvgIpc) is 2.31. The van der Waals surface area contributed by atoms with Crippen molar-refractivity contribution in [1.82, 2.24) is 10.4 Å². The fourth-order valence-electron chi connectivity index (χ4n) is 2.04. The van der Waals surface area contributed by atoms with E-state index in [0.29, 0.717) is 17.2 Å². The van der Waals surface area contributed by atoms with E-state index >= 15 is 0 Å². The van der Waals surface area contributed by atoms with Crippen LogP contribution in [-0.4, -0.2) is 36.5 Å². The second-order valence-corrected chi connectivity index (χ2v) is 3.97. The highest BCUT2D eigenvalue weighted by Gasteiger charge is 2.31. The minimum absolute atomic E-state index is 0.00560. The van der Waals surface area contributed by atoms with Gasteiger partial charge in [-0.2, -0.15) is 5.10 Å². The number of fused-ring (bicyclic) bond motifs is 1. The molecule has 0 unspecified atom stereocenters. The quantitative estimate of drug-likeness (QED) is 0.613. The Labute approximate surface area is 100 Å². The van der Waals surface area contributed by atoms with Gasteiger partial charge in [0, 0.05) is 25.9 Å². The SMILES string of the molecule is CN/N=C1\C(=N)c2ccnc(N)c2N(C)[C@H]1C. The molecule has 2 heterocycles. The molecular weight excluding hydrogens is 216 g/mol. The number of nitrogens with two attached hydrogens (primary N) is 1. The van der Waals surface area contributed by atoms with E-state index in [1.807, 2.05) is 18.9 Å². The van der Waals surface area contributed by atoms with Crippen LogP contribution in [0.3, 0.4) is 0 Å². The lowest BCUT2D eigenvalue weighted by molar-refractivity contribution is 0.821. The third kappa shape index (κ3) is 1.61. The number of pyridine rings is 1. The number of nitrogen functional groups attached to an aromatic ring is 1. The van der Waals surface area contributed by atoms with E-state index in [-0.39, 0.29) is 6.04 Å². The Morgan fingerprint density at radius 1 is 1.59 bits per heavy atom. The van der Waals surface area contributed by atoms with Crippen molar-refractivity contribution in [2.75, 3.05) is 24.7 Å². The van der Waals surface area contributed by atoms with Crippen LogP contribution < -0.4 is 16.1 Å². The summed E-state index contributed by atoms with van der Waals surface area (Å²) in [7, 11) is 3.66. The zero-order valence-electron chi connectivity index (χ0n) is 10.2. The van der Waals surface area contributed by atoms with Gasteiger partial charge in [0.25, 0.3) is 0 Å². The molecule has 1 aromatic heterocycles. The van der Waals surface area contributed by atoms with Crippen molar-refractivity contribution in [3.63, 3.8) is 0 Å².